The molecule has 0 aliphatic heterocycles. The standard InChI is InChI=1S/C20H24O2/c1-4-19(3)13-20(5-2,14-6-8-15(21)9-7-14)17-11-10-16(22)12-18(17)19/h6-12,21-22H,4-5,13H2,1-3H3. The van der Waals surface area contributed by atoms with Crippen molar-refractivity contribution in [3.63, 3.8) is 0 Å². The van der Waals surface area contributed by atoms with Gasteiger partial charge in [0.15, 0.2) is 0 Å². The summed E-state index contributed by atoms with van der Waals surface area (Å²) in [4.78, 5) is 0. The molecule has 0 spiro atoms. The first-order chi connectivity index (χ1) is 10.4. The molecule has 1 aliphatic carbocycles. The molecule has 0 bridgehead atoms. The number of benzene rings is 2. The maximum atomic E-state index is 9.94. The van der Waals surface area contributed by atoms with Crippen molar-refractivity contribution >= 4 is 0 Å². The molecule has 1 aliphatic rings. The van der Waals surface area contributed by atoms with Crippen LogP contribution in [0.5, 0.6) is 11.5 Å². The van der Waals surface area contributed by atoms with Gasteiger partial charge in [-0.15, -0.1) is 0 Å². The van der Waals surface area contributed by atoms with E-state index in [-0.39, 0.29) is 10.8 Å². The van der Waals surface area contributed by atoms with Crippen LogP contribution in [-0.4, -0.2) is 10.2 Å². The van der Waals surface area contributed by atoms with Crippen molar-refractivity contribution in [3.8, 4) is 11.5 Å². The Morgan fingerprint density at radius 2 is 1.50 bits per heavy atom. The van der Waals surface area contributed by atoms with Crippen LogP contribution in [0.2, 0.25) is 0 Å². The lowest BCUT2D eigenvalue weighted by Gasteiger charge is -2.32. The average Bonchev–Trinajstić information content (AvgIpc) is 2.78. The van der Waals surface area contributed by atoms with Crippen molar-refractivity contribution in [2.45, 2.75) is 50.9 Å². The summed E-state index contributed by atoms with van der Waals surface area (Å²) < 4.78 is 0. The third-order valence-corrected chi connectivity index (χ3v) is 5.66. The predicted molar refractivity (Wildman–Crippen MR) is 89.5 cm³/mol. The van der Waals surface area contributed by atoms with Crippen molar-refractivity contribution < 1.29 is 10.2 Å². The molecular weight excluding hydrogens is 272 g/mol. The Balaban J connectivity index is 2.24. The Morgan fingerprint density at radius 1 is 0.864 bits per heavy atom. The van der Waals surface area contributed by atoms with Gasteiger partial charge < -0.3 is 10.2 Å². The fraction of sp³-hybridized carbons (Fsp3) is 0.400. The van der Waals surface area contributed by atoms with Crippen LogP contribution in [0.3, 0.4) is 0 Å². The minimum absolute atomic E-state index is 0.0402. The zero-order valence-corrected chi connectivity index (χ0v) is 13.6. The molecule has 2 heteroatoms. The van der Waals surface area contributed by atoms with Crippen LogP contribution in [0, 0.1) is 0 Å². The minimum atomic E-state index is -0.0402. The van der Waals surface area contributed by atoms with Gasteiger partial charge in [0.1, 0.15) is 11.5 Å². The summed E-state index contributed by atoms with van der Waals surface area (Å²) in [6, 6.07) is 13.4. The molecule has 0 amide bonds. The summed E-state index contributed by atoms with van der Waals surface area (Å²) >= 11 is 0. The van der Waals surface area contributed by atoms with Gasteiger partial charge in [0, 0.05) is 5.41 Å². The molecule has 0 fully saturated rings. The van der Waals surface area contributed by atoms with E-state index in [4.69, 9.17) is 0 Å². The molecule has 2 aromatic carbocycles. The van der Waals surface area contributed by atoms with E-state index in [2.05, 4.69) is 26.8 Å². The van der Waals surface area contributed by atoms with E-state index >= 15 is 0 Å². The third-order valence-electron chi connectivity index (χ3n) is 5.66. The molecule has 0 saturated carbocycles. The zero-order chi connectivity index (χ0) is 16.0. The topological polar surface area (TPSA) is 40.5 Å². The van der Waals surface area contributed by atoms with Crippen LogP contribution in [0.1, 0.15) is 56.7 Å². The van der Waals surface area contributed by atoms with Crippen molar-refractivity contribution in [2.75, 3.05) is 0 Å². The predicted octanol–water partition coefficient (Wildman–Crippen LogP) is 4.87. The summed E-state index contributed by atoms with van der Waals surface area (Å²) in [5.74, 6) is 0.646. The SMILES string of the molecule is CCC1(C)CC(CC)(c2ccc(O)cc2)c2ccc(O)cc21. The Morgan fingerprint density at radius 3 is 2.09 bits per heavy atom. The van der Waals surface area contributed by atoms with E-state index in [9.17, 15) is 10.2 Å². The van der Waals surface area contributed by atoms with E-state index in [0.29, 0.717) is 11.5 Å². The molecule has 2 aromatic rings. The smallest absolute Gasteiger partial charge is 0.115 e. The molecule has 2 N–H and O–H groups in total. The summed E-state index contributed by atoms with van der Waals surface area (Å²) in [5, 5.41) is 19.5. The minimum Gasteiger partial charge on any atom is -0.508 e. The van der Waals surface area contributed by atoms with Gasteiger partial charge in [-0.1, -0.05) is 39.0 Å². The first-order valence-electron chi connectivity index (χ1n) is 8.09. The van der Waals surface area contributed by atoms with Gasteiger partial charge in [0.25, 0.3) is 0 Å². The molecule has 2 atom stereocenters. The van der Waals surface area contributed by atoms with E-state index in [0.717, 1.165) is 19.3 Å². The zero-order valence-electron chi connectivity index (χ0n) is 13.6. The van der Waals surface area contributed by atoms with Crippen molar-refractivity contribution in [1.29, 1.82) is 0 Å². The van der Waals surface area contributed by atoms with Crippen LogP contribution < -0.4 is 0 Å². The molecule has 2 unspecified atom stereocenters. The van der Waals surface area contributed by atoms with Gasteiger partial charge in [-0.2, -0.15) is 0 Å². The second-order valence-corrected chi connectivity index (χ2v) is 6.80. The quantitative estimate of drug-likeness (QED) is 0.848. The fourth-order valence-corrected chi connectivity index (χ4v) is 4.18. The molecule has 116 valence electrons. The van der Waals surface area contributed by atoms with Gasteiger partial charge in [0.2, 0.25) is 0 Å². The first-order valence-corrected chi connectivity index (χ1v) is 8.09. The summed E-state index contributed by atoms with van der Waals surface area (Å²) in [7, 11) is 0. The van der Waals surface area contributed by atoms with Crippen LogP contribution in [0.25, 0.3) is 0 Å². The Hall–Kier alpha value is -1.96. The highest BCUT2D eigenvalue weighted by Gasteiger charge is 2.48. The maximum Gasteiger partial charge on any atom is 0.115 e. The van der Waals surface area contributed by atoms with E-state index in [1.807, 2.05) is 18.2 Å². The fourth-order valence-electron chi connectivity index (χ4n) is 4.18. The van der Waals surface area contributed by atoms with Crippen LogP contribution in [0.15, 0.2) is 42.5 Å². The van der Waals surface area contributed by atoms with Crippen LogP contribution in [0.4, 0.5) is 0 Å². The number of hydrogen-bond donors (Lipinski definition) is 2. The Kier molecular flexibility index (Phi) is 3.43. The number of phenols is 2. The first kappa shape index (κ1) is 15.0. The number of fused-ring (bicyclic) bond motifs is 1. The molecule has 2 nitrogen and oxygen atoms in total. The molecular formula is C20H24O2. The van der Waals surface area contributed by atoms with Gasteiger partial charge in [-0.3, -0.25) is 0 Å². The van der Waals surface area contributed by atoms with Crippen molar-refractivity contribution in [3.05, 3.63) is 59.2 Å². The third kappa shape index (κ3) is 2.01. The van der Waals surface area contributed by atoms with Crippen molar-refractivity contribution in [1.82, 2.24) is 0 Å². The van der Waals surface area contributed by atoms with Crippen molar-refractivity contribution in [2.24, 2.45) is 0 Å². The van der Waals surface area contributed by atoms with Gasteiger partial charge in [-0.25, -0.2) is 0 Å². The normalized spacial score (nSPS) is 26.9. The molecule has 0 radical (unpaired) electrons. The molecule has 22 heavy (non-hydrogen) atoms. The second-order valence-electron chi connectivity index (χ2n) is 6.80. The van der Waals surface area contributed by atoms with E-state index in [1.165, 1.54) is 16.7 Å². The number of aromatic hydroxyl groups is 2. The lowest BCUT2D eigenvalue weighted by atomic mass is 9.70. The van der Waals surface area contributed by atoms with Gasteiger partial charge >= 0.3 is 0 Å². The number of hydrogen-bond acceptors (Lipinski definition) is 2. The largest absolute Gasteiger partial charge is 0.508 e. The highest BCUT2D eigenvalue weighted by molar-refractivity contribution is 5.55. The maximum absolute atomic E-state index is 9.94. The van der Waals surface area contributed by atoms with Gasteiger partial charge in [-0.05, 0) is 65.6 Å². The summed E-state index contributed by atoms with van der Waals surface area (Å²) in [6.45, 7) is 6.74. The lowest BCUT2D eigenvalue weighted by Crippen LogP contribution is -2.27. The van der Waals surface area contributed by atoms with E-state index in [1.54, 1.807) is 18.2 Å². The average molecular weight is 296 g/mol. The number of rotatable bonds is 3. The van der Waals surface area contributed by atoms with Crippen LogP contribution in [-0.2, 0) is 10.8 Å². The van der Waals surface area contributed by atoms with Crippen LogP contribution >= 0.6 is 0 Å². The molecule has 0 heterocycles. The Labute approximate surface area is 132 Å². The van der Waals surface area contributed by atoms with Gasteiger partial charge in [0.05, 0.1) is 0 Å². The monoisotopic (exact) mass is 296 g/mol. The summed E-state index contributed by atoms with van der Waals surface area (Å²) in [6.07, 6.45) is 3.09. The molecule has 0 aromatic heterocycles. The van der Waals surface area contributed by atoms with E-state index < -0.39 is 0 Å². The number of phenolic OH excluding ortho intramolecular Hbond substituents is 2. The highest BCUT2D eigenvalue weighted by atomic mass is 16.3. The molecule has 0 saturated heterocycles. The highest BCUT2D eigenvalue weighted by Crippen LogP contribution is 2.56. The second kappa shape index (κ2) is 5.05. The lowest BCUT2D eigenvalue weighted by molar-refractivity contribution is 0.358. The molecule has 3 rings (SSSR count). The summed E-state index contributed by atoms with van der Waals surface area (Å²) in [5.41, 5.74) is 3.87. The Bertz CT molecular complexity index is 689.